The molecular formula is C18H18B4N4O11S4. The predicted octanol–water partition coefficient (Wildman–Crippen LogP) is -1.46. The fourth-order valence-corrected chi connectivity index (χ4v) is 5.53. The Morgan fingerprint density at radius 1 is 0.780 bits per heavy atom. The highest BCUT2D eigenvalue weighted by atomic mass is 32.2. The van der Waals surface area contributed by atoms with Crippen molar-refractivity contribution >= 4 is 97.3 Å². The maximum Gasteiger partial charge on any atom is 0.597 e. The van der Waals surface area contributed by atoms with E-state index >= 15 is 0 Å². The number of aromatic nitrogens is 4. The summed E-state index contributed by atoms with van der Waals surface area (Å²) in [6.07, 6.45) is 7.47. The minimum absolute atomic E-state index is 0.346. The number of carbonyl (C=O) groups excluding carboxylic acids is 2. The van der Waals surface area contributed by atoms with Crippen molar-refractivity contribution in [3.8, 4) is 0 Å². The van der Waals surface area contributed by atoms with Gasteiger partial charge in [-0.15, -0.1) is 0 Å². The van der Waals surface area contributed by atoms with Gasteiger partial charge in [0.15, 0.2) is 0 Å². The lowest BCUT2D eigenvalue weighted by Crippen LogP contribution is -2.65. The van der Waals surface area contributed by atoms with Crippen LogP contribution in [0.3, 0.4) is 0 Å². The summed E-state index contributed by atoms with van der Waals surface area (Å²) in [5.41, 5.74) is 1.02. The topological polar surface area (TPSA) is 179 Å². The SMILES string of the molecule is COC(=O)c1cc(SC)nc2scc[n+]12.COC(=O)c1cc(SC)nc2scc[n+]12.[O-]B1OB2OB([O-])OB(O1)O2. The molecule has 2 fully saturated rings. The molecule has 2 bridgehead atoms. The van der Waals surface area contributed by atoms with Crippen molar-refractivity contribution in [1.29, 1.82) is 0 Å². The summed E-state index contributed by atoms with van der Waals surface area (Å²) in [5.74, 6) is -0.692. The molecule has 41 heavy (non-hydrogen) atoms. The lowest BCUT2D eigenvalue weighted by molar-refractivity contribution is -0.514. The largest absolute Gasteiger partial charge is 0.833 e. The van der Waals surface area contributed by atoms with E-state index in [-0.39, 0.29) is 11.9 Å². The first-order valence-corrected chi connectivity index (χ1v) is 15.4. The van der Waals surface area contributed by atoms with Gasteiger partial charge < -0.3 is 42.4 Å². The van der Waals surface area contributed by atoms with E-state index in [2.05, 4.69) is 32.8 Å². The lowest BCUT2D eigenvalue weighted by atomic mass is 9.90. The van der Waals surface area contributed by atoms with Crippen molar-refractivity contribution < 1.29 is 60.8 Å². The summed E-state index contributed by atoms with van der Waals surface area (Å²) in [6.45, 7) is 0. The van der Waals surface area contributed by atoms with Gasteiger partial charge in [0.2, 0.25) is 21.4 Å². The van der Waals surface area contributed by atoms with Gasteiger partial charge in [0.25, 0.3) is 0 Å². The zero-order chi connectivity index (χ0) is 29.5. The first kappa shape index (κ1) is 31.6. The third kappa shape index (κ3) is 7.96. The standard InChI is InChI=1S/2C9H9N2O2S2.B4O7/c2*1-13-8(12)6-5-7(14-2)10-9-11(6)3-4-15-9;5-1-7-3-9-2(6)10-4(8-1)11-3/h2*3-5H,1-2H3;/q2*+1;-2. The minimum Gasteiger partial charge on any atom is -0.833 e. The molecule has 0 saturated carbocycles. The number of rotatable bonds is 4. The molecule has 0 atom stereocenters. The number of ether oxygens (including phenoxy) is 2. The van der Waals surface area contributed by atoms with Crippen molar-refractivity contribution in [3.63, 3.8) is 0 Å². The number of carbonyl (C=O) groups is 2. The van der Waals surface area contributed by atoms with E-state index in [4.69, 9.17) is 9.47 Å². The molecule has 212 valence electrons. The molecule has 23 heteroatoms. The van der Waals surface area contributed by atoms with Crippen LogP contribution in [0, 0.1) is 0 Å². The average Bonchev–Trinajstić information content (AvgIpc) is 3.64. The molecule has 4 aromatic heterocycles. The van der Waals surface area contributed by atoms with Crippen molar-refractivity contribution in [2.45, 2.75) is 10.1 Å². The van der Waals surface area contributed by atoms with Crippen molar-refractivity contribution in [3.05, 3.63) is 46.7 Å². The van der Waals surface area contributed by atoms with E-state index in [1.807, 2.05) is 35.7 Å². The molecule has 0 spiro atoms. The fourth-order valence-electron chi connectivity index (χ4n) is 3.14. The summed E-state index contributed by atoms with van der Waals surface area (Å²) < 4.78 is 34.8. The van der Waals surface area contributed by atoms with E-state index in [1.165, 1.54) is 60.4 Å². The minimum atomic E-state index is -1.73. The number of fused-ring (bicyclic) bond motifs is 4. The van der Waals surface area contributed by atoms with Gasteiger partial charge in [-0.2, -0.15) is 8.80 Å². The van der Waals surface area contributed by atoms with Gasteiger partial charge in [-0.1, -0.05) is 46.2 Å². The second-order valence-corrected chi connectivity index (χ2v) is 10.7. The highest BCUT2D eigenvalue weighted by molar-refractivity contribution is 7.98. The maximum atomic E-state index is 11.5. The number of thiazole rings is 2. The van der Waals surface area contributed by atoms with Crippen LogP contribution in [0.15, 0.2) is 45.3 Å². The first-order valence-electron chi connectivity index (χ1n) is 11.2. The van der Waals surface area contributed by atoms with Crippen LogP contribution in [0.5, 0.6) is 0 Å². The maximum absolute atomic E-state index is 11.5. The Morgan fingerprint density at radius 2 is 1.17 bits per heavy atom. The zero-order valence-electron chi connectivity index (χ0n) is 21.7. The lowest BCUT2D eigenvalue weighted by Gasteiger charge is -2.40. The molecule has 2 saturated heterocycles. The number of methoxy groups -OCH3 is 2. The van der Waals surface area contributed by atoms with Crippen LogP contribution in [-0.4, -0.2) is 77.9 Å². The van der Waals surface area contributed by atoms with Gasteiger partial charge in [-0.25, -0.2) is 9.59 Å². The quantitative estimate of drug-likeness (QED) is 0.0832. The van der Waals surface area contributed by atoms with E-state index in [0.717, 1.165) is 20.0 Å². The molecule has 15 nitrogen and oxygen atoms in total. The van der Waals surface area contributed by atoms with Crippen LogP contribution < -0.4 is 18.8 Å². The smallest absolute Gasteiger partial charge is 0.597 e. The number of nitrogens with zero attached hydrogens (tertiary/aromatic N) is 4. The predicted molar refractivity (Wildman–Crippen MR) is 145 cm³/mol. The Labute approximate surface area is 250 Å². The summed E-state index contributed by atoms with van der Waals surface area (Å²) in [5, 5.41) is 26.4. The number of hydrogen-bond acceptors (Lipinski definition) is 17. The summed E-state index contributed by atoms with van der Waals surface area (Å²) >= 11 is 5.99. The van der Waals surface area contributed by atoms with Gasteiger partial charge in [0, 0.05) is 10.8 Å². The molecule has 2 aliphatic rings. The van der Waals surface area contributed by atoms with Crippen molar-refractivity contribution in [1.82, 2.24) is 9.97 Å². The van der Waals surface area contributed by atoms with Gasteiger partial charge in [0.05, 0.1) is 26.4 Å². The van der Waals surface area contributed by atoms with Gasteiger partial charge in [-0.3, -0.25) is 0 Å². The third-order valence-corrected chi connectivity index (χ3v) is 7.72. The normalized spacial score (nSPS) is 14.3. The Balaban J connectivity index is 0.000000144. The Bertz CT molecular complexity index is 1390. The van der Waals surface area contributed by atoms with Crippen LogP contribution in [0.25, 0.3) is 9.92 Å². The summed E-state index contributed by atoms with van der Waals surface area (Å²) in [4.78, 5) is 33.4. The molecule has 4 aromatic rings. The Kier molecular flexibility index (Phi) is 11.4. The molecule has 0 aromatic carbocycles. The first-order chi connectivity index (χ1) is 19.8. The molecular weight excluding hydrogens is 620 g/mol. The van der Waals surface area contributed by atoms with Crippen LogP contribution in [0.2, 0.25) is 0 Å². The average molecular weight is 638 g/mol. The molecule has 0 aliphatic carbocycles. The highest BCUT2D eigenvalue weighted by Crippen LogP contribution is 2.16. The third-order valence-electron chi connectivity index (χ3n) is 4.95. The van der Waals surface area contributed by atoms with E-state index in [1.54, 1.807) is 20.9 Å². The second kappa shape index (κ2) is 14.7. The molecule has 0 radical (unpaired) electrons. The molecule has 6 rings (SSSR count). The van der Waals surface area contributed by atoms with E-state index in [9.17, 15) is 19.6 Å². The van der Waals surface area contributed by atoms with Crippen LogP contribution >= 0.6 is 46.2 Å². The molecule has 0 N–H and O–H groups in total. The van der Waals surface area contributed by atoms with Crippen molar-refractivity contribution in [2.75, 3.05) is 26.7 Å². The zero-order valence-corrected chi connectivity index (χ0v) is 25.0. The van der Waals surface area contributed by atoms with Gasteiger partial charge >= 0.3 is 51.1 Å². The Morgan fingerprint density at radius 3 is 1.51 bits per heavy atom. The fraction of sp³-hybridized carbons (Fsp3) is 0.222. The molecule has 0 amide bonds. The number of thioether (sulfide) groups is 2. The second-order valence-electron chi connectivity index (χ2n) is 7.30. The van der Waals surface area contributed by atoms with Gasteiger partial charge in [-0.05, 0) is 22.5 Å². The number of hydrogen-bond donors (Lipinski definition) is 0. The molecule has 0 unspecified atom stereocenters. The monoisotopic (exact) mass is 638 g/mol. The Hall–Kier alpha value is -2.30. The molecule has 6 heterocycles. The van der Waals surface area contributed by atoms with E-state index < -0.39 is 29.3 Å². The summed E-state index contributed by atoms with van der Waals surface area (Å²) in [6, 6.07) is 3.46. The van der Waals surface area contributed by atoms with Crippen LogP contribution in [0.1, 0.15) is 21.0 Å². The summed E-state index contributed by atoms with van der Waals surface area (Å²) in [7, 11) is -3.25. The molecule has 2 aliphatic heterocycles. The number of esters is 2. The van der Waals surface area contributed by atoms with Crippen LogP contribution in [0.4, 0.5) is 0 Å². The van der Waals surface area contributed by atoms with Crippen molar-refractivity contribution in [2.24, 2.45) is 0 Å². The highest BCUT2D eigenvalue weighted by Gasteiger charge is 2.44. The van der Waals surface area contributed by atoms with E-state index in [0.29, 0.717) is 11.4 Å². The van der Waals surface area contributed by atoms with Gasteiger partial charge in [0.1, 0.15) is 12.4 Å². The van der Waals surface area contributed by atoms with Crippen LogP contribution in [-0.2, 0) is 32.3 Å².